The number of aromatic nitrogens is 3. The maximum atomic E-state index is 14.2. The van der Waals surface area contributed by atoms with Crippen molar-refractivity contribution in [2.75, 3.05) is 44.0 Å². The molecule has 0 bridgehead atoms. The summed E-state index contributed by atoms with van der Waals surface area (Å²) in [7, 11) is 5.29. The molecule has 0 aromatic carbocycles. The lowest BCUT2D eigenvalue weighted by atomic mass is 10.2. The Hall–Kier alpha value is -2.97. The molecule has 3 rings (SSSR count). The van der Waals surface area contributed by atoms with Gasteiger partial charge in [-0.1, -0.05) is 0 Å². The van der Waals surface area contributed by atoms with E-state index in [0.717, 1.165) is 0 Å². The molecule has 0 radical (unpaired) electrons. The third-order valence-electron chi connectivity index (χ3n) is 4.51. The van der Waals surface area contributed by atoms with Crippen LogP contribution in [0.3, 0.4) is 0 Å². The summed E-state index contributed by atoms with van der Waals surface area (Å²) < 4.78 is 14.2. The van der Waals surface area contributed by atoms with Gasteiger partial charge in [0, 0.05) is 46.5 Å². The maximum absolute atomic E-state index is 14.2. The minimum Gasteiger partial charge on any atom is -0.505 e. The zero-order chi connectivity index (χ0) is 19.6. The summed E-state index contributed by atoms with van der Waals surface area (Å²) in [6.45, 7) is 0.502. The number of alkyl halides is 1. The van der Waals surface area contributed by atoms with E-state index in [-0.39, 0.29) is 30.6 Å². The second kappa shape index (κ2) is 7.73. The average Bonchev–Trinajstić information content (AvgIpc) is 3.01. The van der Waals surface area contributed by atoms with Gasteiger partial charge >= 0.3 is 0 Å². The van der Waals surface area contributed by atoms with Crippen molar-refractivity contribution < 1.29 is 14.3 Å². The number of hydrogen-bond acceptors (Lipinski definition) is 7. The number of aromatic hydroxyl groups is 1. The van der Waals surface area contributed by atoms with Crippen LogP contribution < -0.4 is 9.80 Å². The molecule has 1 fully saturated rings. The number of likely N-dealkylation sites (N-methyl/N-ethyl adjacent to an activating group) is 1. The average molecular weight is 374 g/mol. The number of anilines is 2. The lowest BCUT2D eigenvalue weighted by Crippen LogP contribution is -2.42. The van der Waals surface area contributed by atoms with Gasteiger partial charge in [0.05, 0.1) is 12.6 Å². The number of rotatable bonds is 5. The minimum absolute atomic E-state index is 0.0155. The molecule has 27 heavy (non-hydrogen) atoms. The Bertz CT molecular complexity index is 818. The molecule has 8 nitrogen and oxygen atoms in total. The third kappa shape index (κ3) is 4.07. The van der Waals surface area contributed by atoms with Crippen molar-refractivity contribution in [3.8, 4) is 5.75 Å². The van der Waals surface area contributed by atoms with Crippen molar-refractivity contribution in [3.05, 3.63) is 36.3 Å². The van der Waals surface area contributed by atoms with E-state index in [1.54, 1.807) is 30.3 Å². The van der Waals surface area contributed by atoms with E-state index >= 15 is 0 Å². The van der Waals surface area contributed by atoms with E-state index in [1.165, 1.54) is 17.2 Å². The molecule has 0 aliphatic carbocycles. The first-order valence-electron chi connectivity index (χ1n) is 8.67. The number of carbonyl (C=O) groups is 1. The molecule has 0 spiro atoms. The van der Waals surface area contributed by atoms with E-state index in [0.29, 0.717) is 18.2 Å². The van der Waals surface area contributed by atoms with Crippen molar-refractivity contribution in [1.82, 2.24) is 19.9 Å². The molecule has 2 atom stereocenters. The van der Waals surface area contributed by atoms with Gasteiger partial charge in [0.25, 0.3) is 5.91 Å². The smallest absolute Gasteiger partial charge is 0.276 e. The molecule has 9 heteroatoms. The van der Waals surface area contributed by atoms with E-state index in [9.17, 15) is 14.3 Å². The highest BCUT2D eigenvalue weighted by Gasteiger charge is 2.35. The Morgan fingerprint density at radius 2 is 2.07 bits per heavy atom. The van der Waals surface area contributed by atoms with Gasteiger partial charge in [-0.25, -0.2) is 14.4 Å². The SMILES string of the molecule is CN(C[C@@H]1C[C@H](F)CN1c1ccnc(N(C)C)n1)C(=O)c1ncccc1O. The van der Waals surface area contributed by atoms with Gasteiger partial charge in [-0.05, 0) is 18.2 Å². The molecule has 1 N–H and O–H groups in total. The highest BCUT2D eigenvalue weighted by atomic mass is 19.1. The maximum Gasteiger partial charge on any atom is 0.276 e. The van der Waals surface area contributed by atoms with E-state index in [2.05, 4.69) is 15.0 Å². The van der Waals surface area contributed by atoms with Crippen LogP contribution in [0, 0.1) is 0 Å². The summed E-state index contributed by atoms with van der Waals surface area (Å²) in [6.07, 6.45) is 2.39. The summed E-state index contributed by atoms with van der Waals surface area (Å²) in [5, 5.41) is 9.84. The first-order valence-corrected chi connectivity index (χ1v) is 8.67. The number of pyridine rings is 1. The second-order valence-electron chi connectivity index (χ2n) is 6.81. The quantitative estimate of drug-likeness (QED) is 0.845. The van der Waals surface area contributed by atoms with E-state index in [1.807, 2.05) is 19.0 Å². The first-order chi connectivity index (χ1) is 12.9. The fraction of sp³-hybridized carbons (Fsp3) is 0.444. The van der Waals surface area contributed by atoms with Crippen LogP contribution in [-0.4, -0.2) is 77.3 Å². The predicted octanol–water partition coefficient (Wildman–Crippen LogP) is 1.33. The number of amides is 1. The molecule has 2 aromatic rings. The molecule has 144 valence electrons. The normalized spacial score (nSPS) is 19.2. The van der Waals surface area contributed by atoms with Crippen LogP contribution in [-0.2, 0) is 0 Å². The Labute approximate surface area is 157 Å². The van der Waals surface area contributed by atoms with Gasteiger partial charge in [0.1, 0.15) is 17.7 Å². The standard InChI is InChI=1S/C18H23FN6O2/c1-23(2)18-21-8-6-15(22-18)25-10-12(19)9-13(25)11-24(3)17(27)16-14(26)5-4-7-20-16/h4-8,12-13,26H,9-11H2,1-3H3/t12-,13-/m0/s1. The fourth-order valence-electron chi connectivity index (χ4n) is 3.17. The molecule has 1 amide bonds. The highest BCUT2D eigenvalue weighted by Crippen LogP contribution is 2.27. The monoisotopic (exact) mass is 374 g/mol. The largest absolute Gasteiger partial charge is 0.505 e. The fourth-order valence-corrected chi connectivity index (χ4v) is 3.17. The zero-order valence-corrected chi connectivity index (χ0v) is 15.6. The molecule has 0 unspecified atom stereocenters. The van der Waals surface area contributed by atoms with Crippen molar-refractivity contribution in [2.24, 2.45) is 0 Å². The Morgan fingerprint density at radius 1 is 1.30 bits per heavy atom. The molecular formula is C18H23FN6O2. The predicted molar refractivity (Wildman–Crippen MR) is 99.9 cm³/mol. The van der Waals surface area contributed by atoms with Crippen LogP contribution in [0.2, 0.25) is 0 Å². The van der Waals surface area contributed by atoms with Crippen LogP contribution in [0.15, 0.2) is 30.6 Å². The Balaban J connectivity index is 1.77. The molecule has 1 aliphatic heterocycles. The zero-order valence-electron chi connectivity index (χ0n) is 15.6. The lowest BCUT2D eigenvalue weighted by molar-refractivity contribution is 0.0776. The summed E-state index contributed by atoms with van der Waals surface area (Å²) in [5.41, 5.74) is -0.0155. The van der Waals surface area contributed by atoms with Crippen LogP contribution in [0.5, 0.6) is 5.75 Å². The Kier molecular flexibility index (Phi) is 5.38. The summed E-state index contributed by atoms with van der Waals surface area (Å²) in [4.78, 5) is 30.3. The highest BCUT2D eigenvalue weighted by molar-refractivity contribution is 5.94. The van der Waals surface area contributed by atoms with Gasteiger partial charge in [0.2, 0.25) is 5.95 Å². The third-order valence-corrected chi connectivity index (χ3v) is 4.51. The van der Waals surface area contributed by atoms with E-state index in [4.69, 9.17) is 0 Å². The summed E-state index contributed by atoms with van der Waals surface area (Å²) >= 11 is 0. The van der Waals surface area contributed by atoms with Gasteiger partial charge in [-0.15, -0.1) is 0 Å². The first kappa shape index (κ1) is 18.8. The molecule has 2 aromatic heterocycles. The topological polar surface area (TPSA) is 85.7 Å². The van der Waals surface area contributed by atoms with Crippen molar-refractivity contribution >= 4 is 17.7 Å². The summed E-state index contributed by atoms with van der Waals surface area (Å²) in [6, 6.07) is 4.47. The number of nitrogens with zero attached hydrogens (tertiary/aromatic N) is 6. The second-order valence-corrected chi connectivity index (χ2v) is 6.81. The van der Waals surface area contributed by atoms with Crippen molar-refractivity contribution in [1.29, 1.82) is 0 Å². The van der Waals surface area contributed by atoms with Crippen LogP contribution in [0.25, 0.3) is 0 Å². The van der Waals surface area contributed by atoms with Crippen molar-refractivity contribution in [3.63, 3.8) is 0 Å². The van der Waals surface area contributed by atoms with Crippen LogP contribution in [0.1, 0.15) is 16.9 Å². The van der Waals surface area contributed by atoms with Crippen LogP contribution in [0.4, 0.5) is 16.2 Å². The number of hydrogen-bond donors (Lipinski definition) is 1. The molecule has 3 heterocycles. The number of carbonyl (C=O) groups excluding carboxylic acids is 1. The van der Waals surface area contributed by atoms with Gasteiger partial charge < -0.3 is 19.8 Å². The van der Waals surface area contributed by atoms with Crippen molar-refractivity contribution in [2.45, 2.75) is 18.6 Å². The molecule has 1 saturated heterocycles. The van der Waals surface area contributed by atoms with Gasteiger partial charge in [0.15, 0.2) is 5.69 Å². The molecular weight excluding hydrogens is 351 g/mol. The molecule has 1 aliphatic rings. The van der Waals surface area contributed by atoms with Gasteiger partial charge in [-0.2, -0.15) is 4.98 Å². The summed E-state index contributed by atoms with van der Waals surface area (Å²) in [5.74, 6) is 0.580. The Morgan fingerprint density at radius 3 is 2.78 bits per heavy atom. The van der Waals surface area contributed by atoms with Gasteiger partial charge in [-0.3, -0.25) is 4.79 Å². The minimum atomic E-state index is -1.00. The van der Waals surface area contributed by atoms with E-state index < -0.39 is 12.1 Å². The van der Waals surface area contributed by atoms with Crippen LogP contribution >= 0.6 is 0 Å². The lowest BCUT2D eigenvalue weighted by Gasteiger charge is -2.29. The number of halogens is 1. The molecule has 0 saturated carbocycles.